The summed E-state index contributed by atoms with van der Waals surface area (Å²) < 4.78 is 176. The van der Waals surface area contributed by atoms with Crippen molar-refractivity contribution in [1.29, 1.82) is 0 Å². The standard InChI is InChI=1S/C10F14O/c11-1(5(13)14)9(21,22)3(7(17)18)25-4(8(19)20)10(23,24)2(12)6(15)16. The van der Waals surface area contributed by atoms with E-state index in [4.69, 9.17) is 0 Å². The molecule has 0 aliphatic carbocycles. The van der Waals surface area contributed by atoms with E-state index in [1.165, 1.54) is 0 Å². The molecule has 144 valence electrons. The van der Waals surface area contributed by atoms with Crippen molar-refractivity contribution in [2.24, 2.45) is 0 Å². The first-order valence-corrected chi connectivity index (χ1v) is 5.05. The third-order valence-corrected chi connectivity index (χ3v) is 2.00. The minimum atomic E-state index is -6.27. The van der Waals surface area contributed by atoms with Gasteiger partial charge in [0.1, 0.15) is 0 Å². The number of ether oxygens (including phenoxy) is 1. The molecule has 0 atom stereocenters. The van der Waals surface area contributed by atoms with Gasteiger partial charge < -0.3 is 4.74 Å². The minimum Gasteiger partial charge on any atom is -0.441 e. The number of rotatable bonds is 6. The Hall–Kier alpha value is -2.22. The monoisotopic (exact) mass is 402 g/mol. The summed E-state index contributed by atoms with van der Waals surface area (Å²) in [6.07, 6.45) is -16.1. The summed E-state index contributed by atoms with van der Waals surface area (Å²) in [5.74, 6) is -28.2. The van der Waals surface area contributed by atoms with Crippen LogP contribution in [0, 0.1) is 0 Å². The maximum atomic E-state index is 13.0. The van der Waals surface area contributed by atoms with Crippen LogP contribution in [0.3, 0.4) is 0 Å². The van der Waals surface area contributed by atoms with Crippen molar-refractivity contribution in [3.63, 3.8) is 0 Å². The van der Waals surface area contributed by atoms with Crippen LogP contribution in [-0.2, 0) is 4.74 Å². The van der Waals surface area contributed by atoms with Gasteiger partial charge in [0.2, 0.25) is 23.2 Å². The van der Waals surface area contributed by atoms with Crippen LogP contribution >= 0.6 is 0 Å². The summed E-state index contributed by atoms with van der Waals surface area (Å²) in [6, 6.07) is 0. The molecular formula is C10F14O. The second-order valence-electron chi connectivity index (χ2n) is 3.58. The minimum absolute atomic E-state index is 2.59. The van der Waals surface area contributed by atoms with Crippen molar-refractivity contribution >= 4 is 0 Å². The van der Waals surface area contributed by atoms with E-state index in [1.54, 1.807) is 0 Å². The quantitative estimate of drug-likeness (QED) is 0.357. The summed E-state index contributed by atoms with van der Waals surface area (Å²) in [6.45, 7) is 0. The molecule has 0 spiro atoms. The molecule has 0 aliphatic heterocycles. The lowest BCUT2D eigenvalue weighted by molar-refractivity contribution is -0.0514. The Kier molecular flexibility index (Phi) is 7.08. The van der Waals surface area contributed by atoms with E-state index in [-0.39, 0.29) is 0 Å². The van der Waals surface area contributed by atoms with Gasteiger partial charge in [0.15, 0.2) is 0 Å². The Labute approximate surface area is 127 Å². The Balaban J connectivity index is 6.38. The lowest BCUT2D eigenvalue weighted by Gasteiger charge is -2.21. The largest absolute Gasteiger partial charge is 0.441 e. The van der Waals surface area contributed by atoms with Crippen molar-refractivity contribution in [1.82, 2.24) is 0 Å². The van der Waals surface area contributed by atoms with E-state index in [1.807, 2.05) is 0 Å². The van der Waals surface area contributed by atoms with Gasteiger partial charge in [-0.15, -0.1) is 0 Å². The topological polar surface area (TPSA) is 9.23 Å². The van der Waals surface area contributed by atoms with Crippen molar-refractivity contribution < 1.29 is 66.2 Å². The smallest absolute Gasteiger partial charge is 0.366 e. The molecular weight excluding hydrogens is 402 g/mol. The van der Waals surface area contributed by atoms with E-state index in [0.717, 1.165) is 0 Å². The van der Waals surface area contributed by atoms with E-state index < -0.39 is 59.3 Å². The number of alkyl halides is 4. The van der Waals surface area contributed by atoms with Gasteiger partial charge >= 0.3 is 36.2 Å². The first-order valence-electron chi connectivity index (χ1n) is 5.05. The summed E-state index contributed by atoms with van der Waals surface area (Å²) in [5.41, 5.74) is 0. The maximum Gasteiger partial charge on any atom is 0.366 e. The molecule has 0 unspecified atom stereocenters. The predicted octanol–water partition coefficient (Wildman–Crippen LogP) is 6.65. The van der Waals surface area contributed by atoms with Crippen LogP contribution in [0.4, 0.5) is 61.5 Å². The zero-order valence-corrected chi connectivity index (χ0v) is 10.7. The first-order chi connectivity index (χ1) is 11.1. The van der Waals surface area contributed by atoms with Gasteiger partial charge in [-0.2, -0.15) is 61.5 Å². The molecule has 0 saturated heterocycles. The molecule has 0 rings (SSSR count). The van der Waals surface area contributed by atoms with Gasteiger partial charge in [0, 0.05) is 0 Å². The second-order valence-corrected chi connectivity index (χ2v) is 3.58. The molecule has 0 radical (unpaired) electrons. The molecule has 0 fully saturated rings. The van der Waals surface area contributed by atoms with Gasteiger partial charge in [-0.05, 0) is 0 Å². The van der Waals surface area contributed by atoms with Crippen LogP contribution in [0.15, 0.2) is 47.5 Å². The first kappa shape index (κ1) is 22.8. The number of hydrogen-bond donors (Lipinski definition) is 0. The third kappa shape index (κ3) is 4.88. The normalized spacial score (nSPS) is 11.6. The van der Waals surface area contributed by atoms with Crippen LogP contribution in [0.1, 0.15) is 0 Å². The highest BCUT2D eigenvalue weighted by Gasteiger charge is 2.54. The molecule has 1 nitrogen and oxygen atoms in total. The molecule has 0 aromatic carbocycles. The second kappa shape index (κ2) is 7.77. The summed E-state index contributed by atoms with van der Waals surface area (Å²) >= 11 is 0. The Morgan fingerprint density at radius 2 is 0.680 bits per heavy atom. The lowest BCUT2D eigenvalue weighted by Crippen LogP contribution is -2.29. The molecule has 0 N–H and O–H groups in total. The Morgan fingerprint density at radius 3 is 0.840 bits per heavy atom. The highest BCUT2D eigenvalue weighted by molar-refractivity contribution is 5.27. The average molecular weight is 402 g/mol. The zero-order chi connectivity index (χ0) is 20.3. The van der Waals surface area contributed by atoms with Crippen molar-refractivity contribution in [3.05, 3.63) is 47.5 Å². The summed E-state index contributed by atoms with van der Waals surface area (Å²) in [7, 11) is 0. The predicted molar refractivity (Wildman–Crippen MR) is 50.2 cm³/mol. The van der Waals surface area contributed by atoms with Crippen LogP contribution in [0.25, 0.3) is 0 Å². The summed E-state index contributed by atoms with van der Waals surface area (Å²) in [5, 5.41) is 0. The molecule has 0 bridgehead atoms. The SMILES string of the molecule is FC(F)=C(F)C(F)(F)C(OC(=C(F)F)C(F)(F)C(F)=C(F)F)=C(F)F. The molecule has 25 heavy (non-hydrogen) atoms. The van der Waals surface area contributed by atoms with Crippen molar-refractivity contribution in [2.45, 2.75) is 11.8 Å². The molecule has 0 aromatic rings. The van der Waals surface area contributed by atoms with Crippen LogP contribution in [0.5, 0.6) is 0 Å². The van der Waals surface area contributed by atoms with Crippen LogP contribution < -0.4 is 0 Å². The number of halogens is 14. The Bertz CT molecular complexity index is 583. The molecule has 0 amide bonds. The number of hydrogen-bond acceptors (Lipinski definition) is 1. The average Bonchev–Trinajstić information content (AvgIpc) is 2.44. The van der Waals surface area contributed by atoms with E-state index >= 15 is 0 Å². The van der Waals surface area contributed by atoms with Crippen LogP contribution in [-0.4, -0.2) is 11.8 Å². The van der Waals surface area contributed by atoms with Gasteiger partial charge in [-0.3, -0.25) is 0 Å². The van der Waals surface area contributed by atoms with Gasteiger partial charge in [-0.1, -0.05) is 0 Å². The van der Waals surface area contributed by atoms with Crippen LogP contribution in [0.2, 0.25) is 0 Å². The van der Waals surface area contributed by atoms with E-state index in [9.17, 15) is 61.5 Å². The zero-order valence-electron chi connectivity index (χ0n) is 10.7. The van der Waals surface area contributed by atoms with Crippen molar-refractivity contribution in [3.8, 4) is 0 Å². The molecule has 0 aliphatic rings. The molecule has 0 heterocycles. The van der Waals surface area contributed by atoms with E-state index in [2.05, 4.69) is 4.74 Å². The third-order valence-electron chi connectivity index (χ3n) is 2.00. The van der Waals surface area contributed by atoms with E-state index in [0.29, 0.717) is 0 Å². The fourth-order valence-corrected chi connectivity index (χ4v) is 0.981. The van der Waals surface area contributed by atoms with Gasteiger partial charge in [-0.25, -0.2) is 0 Å². The van der Waals surface area contributed by atoms with Crippen molar-refractivity contribution in [2.75, 3.05) is 0 Å². The fraction of sp³-hybridized carbons (Fsp3) is 0.200. The summed E-state index contributed by atoms with van der Waals surface area (Å²) in [4.78, 5) is 0. The maximum absolute atomic E-state index is 13.0. The number of allylic oxidation sites excluding steroid dienone is 2. The van der Waals surface area contributed by atoms with Gasteiger partial charge in [0.25, 0.3) is 0 Å². The molecule has 0 saturated carbocycles. The lowest BCUT2D eigenvalue weighted by atomic mass is 10.2. The van der Waals surface area contributed by atoms with Gasteiger partial charge in [0.05, 0.1) is 0 Å². The molecule has 15 heteroatoms. The fourth-order valence-electron chi connectivity index (χ4n) is 0.981. The Morgan fingerprint density at radius 1 is 0.440 bits per heavy atom. The highest BCUT2D eigenvalue weighted by atomic mass is 19.3. The molecule has 0 aromatic heterocycles. The highest BCUT2D eigenvalue weighted by Crippen LogP contribution is 2.45.